The summed E-state index contributed by atoms with van der Waals surface area (Å²) in [5.41, 5.74) is 2.70. The van der Waals surface area contributed by atoms with Crippen LogP contribution >= 0.6 is 15.8 Å². The van der Waals surface area contributed by atoms with Gasteiger partial charge >= 0.3 is 260 Å². The van der Waals surface area contributed by atoms with Crippen LogP contribution in [0.5, 0.6) is 0 Å². The molecule has 45 heavy (non-hydrogen) atoms. The summed E-state index contributed by atoms with van der Waals surface area (Å²) in [4.78, 5) is 9.94. The molecule has 0 saturated carbocycles. The zero-order valence-corrected chi connectivity index (χ0v) is 28.2. The molecule has 1 spiro atoms. The summed E-state index contributed by atoms with van der Waals surface area (Å²) in [7, 11) is -1.01. The summed E-state index contributed by atoms with van der Waals surface area (Å²) >= 11 is 0. The van der Waals surface area contributed by atoms with Gasteiger partial charge in [0, 0.05) is 0 Å². The van der Waals surface area contributed by atoms with Crippen LogP contribution < -0.4 is 26.5 Å². The molecule has 6 atom stereocenters. The molecule has 15 rings (SSSR count). The molecule has 0 aromatic heterocycles. The molecular weight excluding hydrogens is 622 g/mol. The Hall–Kier alpha value is -2.52. The van der Waals surface area contributed by atoms with Crippen molar-refractivity contribution in [3.63, 3.8) is 0 Å². The Balaban J connectivity index is 1.03. The molecule has 0 N–H and O–H groups in total. The maximum atomic E-state index is 2.83. The van der Waals surface area contributed by atoms with Crippen molar-refractivity contribution >= 4 is 42.4 Å². The third-order valence-electron chi connectivity index (χ3n) is 21.6. The van der Waals surface area contributed by atoms with E-state index < -0.39 is 22.4 Å². The number of hydrogen-bond acceptors (Lipinski definition) is 0. The molecule has 10 heterocycles. The van der Waals surface area contributed by atoms with Gasteiger partial charge in [0.2, 0.25) is 0 Å². The average molecular weight is 659 g/mol. The van der Waals surface area contributed by atoms with Gasteiger partial charge in [0.05, 0.1) is 0 Å². The molecule has 0 bridgehead atoms. The summed E-state index contributed by atoms with van der Waals surface area (Å²) in [6.07, 6.45) is 0. The molecule has 10 aliphatic heterocycles. The van der Waals surface area contributed by atoms with Crippen LogP contribution in [0.25, 0.3) is 0 Å². The third kappa shape index (κ3) is 0.702. The molecule has 4 unspecified atom stereocenters. The number of benzene rings is 5. The van der Waals surface area contributed by atoms with E-state index in [1.54, 1.807) is 15.9 Å². The van der Waals surface area contributed by atoms with Crippen molar-refractivity contribution in [3.8, 4) is 0 Å². The van der Waals surface area contributed by atoms with E-state index in [4.69, 9.17) is 0 Å². The van der Waals surface area contributed by atoms with E-state index >= 15 is 0 Å². The standard InChI is InChI=1S/C37H31P2.C5H5.Fe/c1-29(38(30-17-6-2-7-18-30)31-19-8-3-9-20-31)34-26-16-27-35(34)36-25-14-15-28-37(36)39(32-21-10-4-11-22-32)33-23-12-5-13-24-33;1-2-4-5-3-1;/h2-29H,1H3;1-5H;/t29-;;/m1../s1. The normalized spacial score (nSPS) is 54.6. The molecule has 3 heteroatoms. The first kappa shape index (κ1) is 22.9. The van der Waals surface area contributed by atoms with Crippen LogP contribution in [-0.2, 0) is 10.8 Å². The van der Waals surface area contributed by atoms with E-state index in [2.05, 4.69) is 153 Å². The Morgan fingerprint density at radius 1 is 0.489 bits per heavy atom. The molecule has 0 amide bonds. The minimum atomic E-state index is -3.92. The molecule has 0 nitrogen and oxygen atoms in total. The van der Waals surface area contributed by atoms with E-state index in [0.717, 1.165) is 5.66 Å². The molecule has 10 saturated heterocycles. The zero-order valence-electron chi connectivity index (χ0n) is 25.3. The van der Waals surface area contributed by atoms with E-state index in [1.165, 1.54) is 49.1 Å². The minimum absolute atomic E-state index is 0.413. The Labute approximate surface area is 258 Å². The SMILES string of the molecule is C[C@@H](P(c1ccccc1)c1ccccc1)[C@@]12[CH]3[CH]4[CH]5[C]1(c1ccccc1P(c1ccccc1)c1ccccc1)[Fe]45321678[CH]2[CH]1[CH]6[CH]7[CH]28. The fourth-order valence-corrected chi connectivity index (χ4v) is 109. The molecule has 0 aliphatic carbocycles. The summed E-state index contributed by atoms with van der Waals surface area (Å²) in [5, 5.41) is 8.03. The number of hydrogen-bond donors (Lipinski definition) is 0. The molecule has 10 fully saturated rings. The maximum absolute atomic E-state index is 3.92. The number of rotatable bonds is 8. The predicted molar refractivity (Wildman–Crippen MR) is 188 cm³/mol. The van der Waals surface area contributed by atoms with Gasteiger partial charge in [-0.25, -0.2) is 0 Å². The fraction of sp³-hybridized carbons (Fsp3) is 0.286. The second-order valence-electron chi connectivity index (χ2n) is 18.0. The van der Waals surface area contributed by atoms with Crippen molar-refractivity contribution in [2.75, 3.05) is 0 Å². The van der Waals surface area contributed by atoms with Gasteiger partial charge < -0.3 is 0 Å². The fourth-order valence-electron chi connectivity index (χ4n) is 23.2. The predicted octanol–water partition coefficient (Wildman–Crippen LogP) is 9.13. The van der Waals surface area contributed by atoms with Crippen LogP contribution in [0.1, 0.15) is 12.5 Å². The molecule has 5 aromatic rings. The van der Waals surface area contributed by atoms with Crippen molar-refractivity contribution in [3.05, 3.63) is 151 Å². The third-order valence-corrected chi connectivity index (χ3v) is 70.4. The Bertz CT molecular complexity index is 2460. The molecule has 0 radical (unpaired) electrons. The summed E-state index contributed by atoms with van der Waals surface area (Å²) < 4.78 is 1.30. The van der Waals surface area contributed by atoms with E-state index in [1.807, 2.05) is 5.56 Å². The van der Waals surface area contributed by atoms with Crippen LogP contribution in [-0.4, -0.2) is 5.66 Å². The monoisotopic (exact) mass is 658 g/mol. The molecular formula is C42H36FeP2. The van der Waals surface area contributed by atoms with Crippen LogP contribution in [0, 0.1) is 0 Å². The van der Waals surface area contributed by atoms with Crippen molar-refractivity contribution in [1.29, 1.82) is 0 Å². The van der Waals surface area contributed by atoms with Gasteiger partial charge in [-0.05, 0) is 0 Å². The van der Waals surface area contributed by atoms with Crippen molar-refractivity contribution in [2.24, 2.45) is 0 Å². The first-order valence-electron chi connectivity index (χ1n) is 17.1. The summed E-state index contributed by atoms with van der Waals surface area (Å²) in [6.45, 7) is -1.09. The molecule has 10 aliphatic rings. The van der Waals surface area contributed by atoms with Crippen LogP contribution in [0.2, 0.25) is 42.8 Å². The zero-order chi connectivity index (χ0) is 29.1. The van der Waals surface area contributed by atoms with Gasteiger partial charge in [-0.1, -0.05) is 0 Å². The quantitative estimate of drug-likeness (QED) is 0.115. The van der Waals surface area contributed by atoms with E-state index in [9.17, 15) is 0 Å². The van der Waals surface area contributed by atoms with Gasteiger partial charge in [-0.2, -0.15) is 0 Å². The van der Waals surface area contributed by atoms with Gasteiger partial charge in [-0.3, -0.25) is 0 Å². The topological polar surface area (TPSA) is 0 Å². The molecule has 222 valence electrons. The van der Waals surface area contributed by atoms with Gasteiger partial charge in [0.15, 0.2) is 0 Å². The number of fused-ring (bicyclic) bond motifs is 10. The van der Waals surface area contributed by atoms with Crippen LogP contribution in [0.3, 0.4) is 0 Å². The second-order valence-corrected chi connectivity index (χ2v) is 46.0. The van der Waals surface area contributed by atoms with Crippen LogP contribution in [0.4, 0.5) is 0 Å². The summed E-state index contributed by atoms with van der Waals surface area (Å²) in [5.74, 6) is 0. The van der Waals surface area contributed by atoms with Gasteiger partial charge in [-0.15, -0.1) is 0 Å². The van der Waals surface area contributed by atoms with E-state index in [-0.39, 0.29) is 0 Å². The van der Waals surface area contributed by atoms with Crippen molar-refractivity contribution in [2.45, 2.75) is 59.7 Å². The van der Waals surface area contributed by atoms with Gasteiger partial charge in [0.25, 0.3) is 0 Å². The van der Waals surface area contributed by atoms with Crippen molar-refractivity contribution in [1.82, 2.24) is 0 Å². The summed E-state index contributed by atoms with van der Waals surface area (Å²) in [6, 6.07) is 57.1. The molecule has 5 aromatic carbocycles. The first-order valence-corrected chi connectivity index (χ1v) is 26.1. The van der Waals surface area contributed by atoms with Crippen molar-refractivity contribution < 1.29 is 6.51 Å². The van der Waals surface area contributed by atoms with Crippen LogP contribution in [0.15, 0.2) is 146 Å². The van der Waals surface area contributed by atoms with E-state index in [0.29, 0.717) is 8.63 Å². The average Bonchev–Trinajstić information content (AvgIpc) is 4.05. The Kier molecular flexibility index (Phi) is 2.06. The second kappa shape index (κ2) is 4.05. The van der Waals surface area contributed by atoms with Gasteiger partial charge in [0.1, 0.15) is 0 Å². The Morgan fingerprint density at radius 2 is 0.911 bits per heavy atom. The Morgan fingerprint density at radius 3 is 1.36 bits per heavy atom. The first-order chi connectivity index (χ1) is 22.0.